The van der Waals surface area contributed by atoms with Crippen molar-refractivity contribution in [2.45, 2.75) is 71.3 Å². The maximum atomic E-state index is 12.6. The van der Waals surface area contributed by atoms with Gasteiger partial charge in [0.2, 0.25) is 17.7 Å². The molecular weight excluding hydrogens is 322 g/mol. The van der Waals surface area contributed by atoms with Gasteiger partial charge in [0.15, 0.2) is 11.6 Å². The lowest BCUT2D eigenvalue weighted by atomic mass is 9.96. The maximum absolute atomic E-state index is 12.6. The smallest absolute Gasteiger partial charge is 0.227 e. The Balaban J connectivity index is 1.61. The second-order valence-electron chi connectivity index (χ2n) is 7.41. The quantitative estimate of drug-likeness (QED) is 0.820. The number of rotatable bonds is 5. The van der Waals surface area contributed by atoms with Gasteiger partial charge in [-0.2, -0.15) is 9.97 Å². The molecule has 0 saturated carbocycles. The van der Waals surface area contributed by atoms with Crippen molar-refractivity contribution < 1.29 is 13.8 Å². The van der Waals surface area contributed by atoms with Crippen LogP contribution < -0.4 is 0 Å². The molecule has 0 aromatic carbocycles. The number of likely N-dealkylation sites (tertiary alicyclic amines) is 1. The molecule has 1 aliphatic heterocycles. The van der Waals surface area contributed by atoms with E-state index in [9.17, 15) is 4.79 Å². The van der Waals surface area contributed by atoms with Crippen molar-refractivity contribution in [2.75, 3.05) is 6.54 Å². The van der Waals surface area contributed by atoms with Crippen molar-refractivity contribution in [1.29, 1.82) is 0 Å². The molecule has 1 aliphatic rings. The molecule has 0 spiro atoms. The Kier molecular flexibility index (Phi) is 4.87. The fourth-order valence-corrected chi connectivity index (χ4v) is 2.90. The lowest BCUT2D eigenvalue weighted by Gasteiger charge is -2.21. The van der Waals surface area contributed by atoms with E-state index in [1.807, 2.05) is 32.6 Å². The Labute approximate surface area is 147 Å². The summed E-state index contributed by atoms with van der Waals surface area (Å²) in [4.78, 5) is 23.2. The molecule has 0 aliphatic carbocycles. The summed E-state index contributed by atoms with van der Waals surface area (Å²) < 4.78 is 10.4. The van der Waals surface area contributed by atoms with Crippen LogP contribution in [0, 0.1) is 0 Å². The molecule has 2 aromatic heterocycles. The molecule has 0 unspecified atom stereocenters. The first-order chi connectivity index (χ1) is 11.9. The zero-order valence-corrected chi connectivity index (χ0v) is 15.3. The van der Waals surface area contributed by atoms with E-state index in [1.165, 1.54) is 0 Å². The number of aryl methyl sites for hydroxylation is 2. The summed E-state index contributed by atoms with van der Waals surface area (Å²) in [5, 5.41) is 8.02. The van der Waals surface area contributed by atoms with E-state index in [0.29, 0.717) is 42.7 Å². The Morgan fingerprint density at radius 2 is 1.96 bits per heavy atom. The largest absolute Gasteiger partial charge is 0.339 e. The molecule has 0 bridgehead atoms. The van der Waals surface area contributed by atoms with Gasteiger partial charge >= 0.3 is 0 Å². The third kappa shape index (κ3) is 3.88. The zero-order chi connectivity index (χ0) is 18.0. The number of aromatic nitrogens is 4. The molecule has 1 atom stereocenters. The summed E-state index contributed by atoms with van der Waals surface area (Å²) in [5.74, 6) is 2.43. The molecule has 1 fully saturated rings. The number of nitrogens with zero attached hydrogens (tertiary/aromatic N) is 5. The standard InChI is InChI=1S/C17H25N5O3/c1-5-12-18-15(20-24-12)11-7-6-10-22(11)14(23)9-8-13-19-16(21-25-13)17(2,3)4/h11H,5-10H2,1-4H3/t11-/m1/s1. The van der Waals surface area contributed by atoms with Crippen molar-refractivity contribution in [2.24, 2.45) is 0 Å². The van der Waals surface area contributed by atoms with E-state index in [4.69, 9.17) is 9.05 Å². The molecule has 0 radical (unpaired) electrons. The van der Waals surface area contributed by atoms with Crippen LogP contribution in [0.5, 0.6) is 0 Å². The number of carbonyl (C=O) groups is 1. The Morgan fingerprint density at radius 1 is 1.20 bits per heavy atom. The average molecular weight is 347 g/mol. The lowest BCUT2D eigenvalue weighted by Crippen LogP contribution is -2.31. The first kappa shape index (κ1) is 17.6. The summed E-state index contributed by atoms with van der Waals surface area (Å²) in [7, 11) is 0. The second kappa shape index (κ2) is 6.93. The van der Waals surface area contributed by atoms with Crippen LogP contribution in [-0.4, -0.2) is 37.6 Å². The third-order valence-electron chi connectivity index (χ3n) is 4.35. The highest BCUT2D eigenvalue weighted by atomic mass is 16.5. The number of amides is 1. The zero-order valence-electron chi connectivity index (χ0n) is 15.3. The van der Waals surface area contributed by atoms with E-state index in [-0.39, 0.29) is 17.4 Å². The van der Waals surface area contributed by atoms with Crippen LogP contribution in [0.1, 0.15) is 76.4 Å². The van der Waals surface area contributed by atoms with Crippen molar-refractivity contribution in [3.8, 4) is 0 Å². The Hall–Kier alpha value is -2.25. The van der Waals surface area contributed by atoms with Crippen LogP contribution in [0.15, 0.2) is 9.05 Å². The van der Waals surface area contributed by atoms with E-state index >= 15 is 0 Å². The van der Waals surface area contributed by atoms with Gasteiger partial charge in [-0.15, -0.1) is 0 Å². The fourth-order valence-electron chi connectivity index (χ4n) is 2.90. The molecule has 136 valence electrons. The maximum Gasteiger partial charge on any atom is 0.227 e. The highest BCUT2D eigenvalue weighted by molar-refractivity contribution is 5.77. The van der Waals surface area contributed by atoms with Crippen LogP contribution >= 0.6 is 0 Å². The van der Waals surface area contributed by atoms with Gasteiger partial charge in [-0.3, -0.25) is 4.79 Å². The third-order valence-corrected chi connectivity index (χ3v) is 4.35. The van der Waals surface area contributed by atoms with Crippen LogP contribution in [0.2, 0.25) is 0 Å². The lowest BCUT2D eigenvalue weighted by molar-refractivity contribution is -0.132. The van der Waals surface area contributed by atoms with Gasteiger partial charge in [-0.1, -0.05) is 38.0 Å². The Morgan fingerprint density at radius 3 is 2.60 bits per heavy atom. The van der Waals surface area contributed by atoms with Crippen LogP contribution in [0.3, 0.4) is 0 Å². The molecule has 0 N–H and O–H groups in total. The van der Waals surface area contributed by atoms with Crippen molar-refractivity contribution in [3.63, 3.8) is 0 Å². The van der Waals surface area contributed by atoms with Crippen LogP contribution in [0.4, 0.5) is 0 Å². The molecule has 1 amide bonds. The predicted octanol–water partition coefficient (Wildman–Crippen LogP) is 2.61. The van der Waals surface area contributed by atoms with Gasteiger partial charge in [0.25, 0.3) is 0 Å². The normalized spacial score (nSPS) is 18.1. The summed E-state index contributed by atoms with van der Waals surface area (Å²) in [6.45, 7) is 8.76. The first-order valence-corrected chi connectivity index (χ1v) is 8.83. The monoisotopic (exact) mass is 347 g/mol. The summed E-state index contributed by atoms with van der Waals surface area (Å²) >= 11 is 0. The van der Waals surface area contributed by atoms with Crippen molar-refractivity contribution in [3.05, 3.63) is 23.4 Å². The predicted molar refractivity (Wildman–Crippen MR) is 88.7 cm³/mol. The summed E-state index contributed by atoms with van der Waals surface area (Å²) in [6.07, 6.45) is 3.28. The van der Waals surface area contributed by atoms with Gasteiger partial charge in [-0.25, -0.2) is 0 Å². The van der Waals surface area contributed by atoms with Gasteiger partial charge in [0, 0.05) is 31.2 Å². The molecule has 25 heavy (non-hydrogen) atoms. The number of hydrogen-bond donors (Lipinski definition) is 0. The topological polar surface area (TPSA) is 98.2 Å². The minimum absolute atomic E-state index is 0.0563. The second-order valence-corrected chi connectivity index (χ2v) is 7.41. The highest BCUT2D eigenvalue weighted by Gasteiger charge is 2.33. The van der Waals surface area contributed by atoms with E-state index in [1.54, 1.807) is 0 Å². The summed E-state index contributed by atoms with van der Waals surface area (Å²) in [5.41, 5.74) is -0.165. The van der Waals surface area contributed by atoms with Gasteiger partial charge in [-0.05, 0) is 12.8 Å². The van der Waals surface area contributed by atoms with Crippen LogP contribution in [-0.2, 0) is 23.1 Å². The molecule has 1 saturated heterocycles. The molecule has 2 aromatic rings. The van der Waals surface area contributed by atoms with E-state index in [2.05, 4.69) is 20.3 Å². The molecule has 3 heterocycles. The first-order valence-electron chi connectivity index (χ1n) is 8.83. The minimum atomic E-state index is -0.165. The van der Waals surface area contributed by atoms with Gasteiger partial charge in [0.1, 0.15) is 0 Å². The van der Waals surface area contributed by atoms with Crippen molar-refractivity contribution >= 4 is 5.91 Å². The van der Waals surface area contributed by atoms with E-state index < -0.39 is 0 Å². The minimum Gasteiger partial charge on any atom is -0.339 e. The van der Waals surface area contributed by atoms with Crippen LogP contribution in [0.25, 0.3) is 0 Å². The Bertz CT molecular complexity index is 731. The SMILES string of the molecule is CCc1nc([C@H]2CCCN2C(=O)CCc2nc(C(C)(C)C)no2)no1. The van der Waals surface area contributed by atoms with Gasteiger partial charge in [0.05, 0.1) is 6.04 Å². The number of carbonyl (C=O) groups excluding carboxylic acids is 1. The molecule has 3 rings (SSSR count). The molecular formula is C17H25N5O3. The highest BCUT2D eigenvalue weighted by Crippen LogP contribution is 2.31. The molecule has 8 heteroatoms. The van der Waals surface area contributed by atoms with Gasteiger partial charge < -0.3 is 13.9 Å². The number of hydrogen-bond acceptors (Lipinski definition) is 7. The average Bonchev–Trinajstić information content (AvgIpc) is 3.30. The van der Waals surface area contributed by atoms with E-state index in [0.717, 1.165) is 19.4 Å². The summed E-state index contributed by atoms with van der Waals surface area (Å²) in [6, 6.07) is -0.0932. The molecule has 8 nitrogen and oxygen atoms in total. The fraction of sp³-hybridized carbons (Fsp3) is 0.706. The van der Waals surface area contributed by atoms with Crippen molar-refractivity contribution in [1.82, 2.24) is 25.2 Å².